The number of hydrogen-bond acceptors (Lipinski definition) is 4. The third-order valence-corrected chi connectivity index (χ3v) is 3.51. The second kappa shape index (κ2) is 5.99. The molecule has 2 aliphatic heterocycles. The molecule has 0 aromatic carbocycles. The zero-order valence-corrected chi connectivity index (χ0v) is 12.6. The summed E-state index contributed by atoms with van der Waals surface area (Å²) in [5, 5.41) is 0. The Balaban J connectivity index is 1.85. The van der Waals surface area contributed by atoms with Crippen molar-refractivity contribution in [1.82, 2.24) is 9.80 Å². The van der Waals surface area contributed by atoms with Gasteiger partial charge in [0, 0.05) is 26.2 Å². The first-order chi connectivity index (χ1) is 9.37. The zero-order chi connectivity index (χ0) is 14.8. The van der Waals surface area contributed by atoms with Gasteiger partial charge in [-0.3, -0.25) is 4.79 Å². The molecule has 0 spiro atoms. The first kappa shape index (κ1) is 15.1. The van der Waals surface area contributed by atoms with Crippen molar-refractivity contribution in [1.29, 1.82) is 0 Å². The summed E-state index contributed by atoms with van der Waals surface area (Å²) in [5.41, 5.74) is -0.497. The number of rotatable bonds is 1. The zero-order valence-electron chi connectivity index (χ0n) is 12.6. The van der Waals surface area contributed by atoms with Crippen LogP contribution in [0.4, 0.5) is 4.79 Å². The summed E-state index contributed by atoms with van der Waals surface area (Å²) in [6.45, 7) is 9.11. The SMILES string of the molecule is CC(C)(C)OC(=O)N1CC[C@H](C(=O)N2CCOCC2)C1. The van der Waals surface area contributed by atoms with E-state index in [9.17, 15) is 9.59 Å². The molecular formula is C14H24N2O4. The van der Waals surface area contributed by atoms with Crippen molar-refractivity contribution in [2.45, 2.75) is 32.8 Å². The van der Waals surface area contributed by atoms with E-state index in [1.54, 1.807) is 4.90 Å². The van der Waals surface area contributed by atoms with Crippen LogP contribution in [0.1, 0.15) is 27.2 Å². The van der Waals surface area contributed by atoms with Gasteiger partial charge in [-0.1, -0.05) is 0 Å². The average Bonchev–Trinajstić information content (AvgIpc) is 2.86. The van der Waals surface area contributed by atoms with Crippen LogP contribution in [-0.4, -0.2) is 66.8 Å². The summed E-state index contributed by atoms with van der Waals surface area (Å²) in [7, 11) is 0. The Kier molecular flexibility index (Phi) is 4.52. The number of carbonyl (C=O) groups excluding carboxylic acids is 2. The lowest BCUT2D eigenvalue weighted by molar-refractivity contribution is -0.139. The van der Waals surface area contributed by atoms with E-state index in [0.29, 0.717) is 39.4 Å². The molecule has 2 fully saturated rings. The van der Waals surface area contributed by atoms with E-state index in [2.05, 4.69) is 0 Å². The molecule has 0 bridgehead atoms. The highest BCUT2D eigenvalue weighted by molar-refractivity contribution is 5.80. The minimum atomic E-state index is -0.497. The predicted octanol–water partition coefficient (Wildman–Crippen LogP) is 1.10. The van der Waals surface area contributed by atoms with Crippen LogP contribution in [0.15, 0.2) is 0 Å². The standard InChI is InChI=1S/C14H24N2O4/c1-14(2,3)20-13(18)16-5-4-11(10-16)12(17)15-6-8-19-9-7-15/h11H,4-10H2,1-3H3/t11-/m0/s1. The maximum Gasteiger partial charge on any atom is 0.410 e. The van der Waals surface area contributed by atoms with Crippen LogP contribution in [0.5, 0.6) is 0 Å². The fraction of sp³-hybridized carbons (Fsp3) is 0.857. The molecule has 2 amide bonds. The number of amides is 2. The van der Waals surface area contributed by atoms with Gasteiger partial charge in [-0.2, -0.15) is 0 Å². The number of likely N-dealkylation sites (tertiary alicyclic amines) is 1. The quantitative estimate of drug-likeness (QED) is 0.723. The van der Waals surface area contributed by atoms with E-state index in [1.165, 1.54) is 0 Å². The molecule has 0 unspecified atom stereocenters. The lowest BCUT2D eigenvalue weighted by atomic mass is 10.1. The van der Waals surface area contributed by atoms with Crippen molar-refractivity contribution in [3.8, 4) is 0 Å². The molecule has 6 nitrogen and oxygen atoms in total. The fourth-order valence-electron chi connectivity index (χ4n) is 2.50. The molecule has 1 atom stereocenters. The largest absolute Gasteiger partial charge is 0.444 e. The van der Waals surface area contributed by atoms with Gasteiger partial charge in [0.05, 0.1) is 19.1 Å². The molecule has 6 heteroatoms. The summed E-state index contributed by atoms with van der Waals surface area (Å²) in [6.07, 6.45) is 0.393. The van der Waals surface area contributed by atoms with Gasteiger partial charge < -0.3 is 19.3 Å². The second-order valence-corrected chi connectivity index (χ2v) is 6.35. The van der Waals surface area contributed by atoms with Crippen molar-refractivity contribution in [3.63, 3.8) is 0 Å². The maximum atomic E-state index is 12.3. The molecule has 2 heterocycles. The van der Waals surface area contributed by atoms with E-state index in [4.69, 9.17) is 9.47 Å². The lowest BCUT2D eigenvalue weighted by Crippen LogP contribution is -2.44. The molecule has 2 rings (SSSR count). The number of nitrogens with zero attached hydrogens (tertiary/aromatic N) is 2. The van der Waals surface area contributed by atoms with Gasteiger partial charge in [-0.15, -0.1) is 0 Å². The monoisotopic (exact) mass is 284 g/mol. The van der Waals surface area contributed by atoms with Crippen molar-refractivity contribution < 1.29 is 19.1 Å². The normalized spacial score (nSPS) is 23.9. The van der Waals surface area contributed by atoms with Crippen LogP contribution in [-0.2, 0) is 14.3 Å². The number of carbonyl (C=O) groups is 2. The van der Waals surface area contributed by atoms with Crippen molar-refractivity contribution in [2.24, 2.45) is 5.92 Å². The molecule has 114 valence electrons. The molecule has 2 saturated heterocycles. The van der Waals surface area contributed by atoms with Crippen LogP contribution >= 0.6 is 0 Å². The summed E-state index contributed by atoms with van der Waals surface area (Å²) in [4.78, 5) is 27.8. The summed E-state index contributed by atoms with van der Waals surface area (Å²) < 4.78 is 10.6. The highest BCUT2D eigenvalue weighted by atomic mass is 16.6. The second-order valence-electron chi connectivity index (χ2n) is 6.35. The van der Waals surface area contributed by atoms with E-state index in [0.717, 1.165) is 6.42 Å². The summed E-state index contributed by atoms with van der Waals surface area (Å²) >= 11 is 0. The van der Waals surface area contributed by atoms with Crippen molar-refractivity contribution in [3.05, 3.63) is 0 Å². The van der Waals surface area contributed by atoms with E-state index < -0.39 is 5.60 Å². The molecule has 0 aromatic heterocycles. The minimum Gasteiger partial charge on any atom is -0.444 e. The van der Waals surface area contributed by atoms with Crippen LogP contribution in [0.2, 0.25) is 0 Å². The molecule has 0 radical (unpaired) electrons. The van der Waals surface area contributed by atoms with E-state index in [1.807, 2.05) is 25.7 Å². The number of morpholine rings is 1. The van der Waals surface area contributed by atoms with Gasteiger partial charge in [0.1, 0.15) is 5.60 Å². The van der Waals surface area contributed by atoms with Crippen LogP contribution in [0, 0.1) is 5.92 Å². The van der Waals surface area contributed by atoms with Gasteiger partial charge in [0.2, 0.25) is 5.91 Å². The Morgan fingerprint density at radius 3 is 2.35 bits per heavy atom. The number of ether oxygens (including phenoxy) is 2. The van der Waals surface area contributed by atoms with Gasteiger partial charge in [-0.05, 0) is 27.2 Å². The Morgan fingerprint density at radius 1 is 1.10 bits per heavy atom. The smallest absolute Gasteiger partial charge is 0.410 e. The molecule has 20 heavy (non-hydrogen) atoms. The minimum absolute atomic E-state index is 0.0966. The topological polar surface area (TPSA) is 59.1 Å². The lowest BCUT2D eigenvalue weighted by Gasteiger charge is -2.29. The Labute approximate surface area is 120 Å². The Hall–Kier alpha value is -1.30. The maximum absolute atomic E-state index is 12.3. The van der Waals surface area contributed by atoms with Gasteiger partial charge in [0.25, 0.3) is 0 Å². The summed E-state index contributed by atoms with van der Waals surface area (Å²) in [6, 6.07) is 0. The molecule has 0 saturated carbocycles. The summed E-state index contributed by atoms with van der Waals surface area (Å²) in [5.74, 6) is 0.0416. The third-order valence-electron chi connectivity index (χ3n) is 3.51. The van der Waals surface area contributed by atoms with Gasteiger partial charge in [0.15, 0.2) is 0 Å². The Bertz CT molecular complexity index is 372. The van der Waals surface area contributed by atoms with Gasteiger partial charge in [-0.25, -0.2) is 4.79 Å². The molecule has 0 N–H and O–H groups in total. The molecule has 0 aliphatic carbocycles. The van der Waals surface area contributed by atoms with E-state index in [-0.39, 0.29) is 17.9 Å². The van der Waals surface area contributed by atoms with Crippen molar-refractivity contribution >= 4 is 12.0 Å². The molecule has 2 aliphatic rings. The highest BCUT2D eigenvalue weighted by Crippen LogP contribution is 2.21. The van der Waals surface area contributed by atoms with Crippen LogP contribution in [0.25, 0.3) is 0 Å². The van der Waals surface area contributed by atoms with Crippen molar-refractivity contribution in [2.75, 3.05) is 39.4 Å². The first-order valence-corrected chi connectivity index (χ1v) is 7.21. The number of hydrogen-bond donors (Lipinski definition) is 0. The molecular weight excluding hydrogens is 260 g/mol. The predicted molar refractivity (Wildman–Crippen MR) is 73.3 cm³/mol. The fourth-order valence-corrected chi connectivity index (χ4v) is 2.50. The third kappa shape index (κ3) is 3.85. The first-order valence-electron chi connectivity index (χ1n) is 7.21. The average molecular weight is 284 g/mol. The molecule has 0 aromatic rings. The van der Waals surface area contributed by atoms with Crippen LogP contribution < -0.4 is 0 Å². The highest BCUT2D eigenvalue weighted by Gasteiger charge is 2.35. The Morgan fingerprint density at radius 2 is 1.75 bits per heavy atom. The van der Waals surface area contributed by atoms with Crippen LogP contribution in [0.3, 0.4) is 0 Å². The van der Waals surface area contributed by atoms with Gasteiger partial charge >= 0.3 is 6.09 Å². The van der Waals surface area contributed by atoms with E-state index >= 15 is 0 Å².